The monoisotopic (exact) mass is 281 g/mol. The Balaban J connectivity index is 2.02. The first-order chi connectivity index (χ1) is 9.17. The Bertz CT molecular complexity index is 717. The molecule has 0 aliphatic rings. The Morgan fingerprint density at radius 3 is 2.68 bits per heavy atom. The molecule has 3 rings (SSSR count). The Kier molecular flexibility index (Phi) is 2.92. The van der Waals surface area contributed by atoms with Crippen molar-refractivity contribution in [3.8, 4) is 11.6 Å². The van der Waals surface area contributed by atoms with Gasteiger partial charge >= 0.3 is 0 Å². The minimum absolute atomic E-state index is 0.0537. The molecule has 2 heterocycles. The molecule has 0 unspecified atom stereocenters. The maximum absolute atomic E-state index is 13.1. The van der Waals surface area contributed by atoms with Crippen LogP contribution >= 0.6 is 11.3 Å². The average molecular weight is 281 g/mol. The molecule has 98 valence electrons. The molecule has 1 aromatic carbocycles. The number of ether oxygens (including phenoxy) is 1. The summed E-state index contributed by atoms with van der Waals surface area (Å²) in [4.78, 5) is 4.95. The third kappa shape index (κ3) is 2.18. The normalized spacial score (nSPS) is 11.1. The van der Waals surface area contributed by atoms with Crippen LogP contribution in [-0.4, -0.2) is 9.38 Å². The van der Waals surface area contributed by atoms with Gasteiger partial charge in [-0.2, -0.15) is 4.98 Å². The molecule has 2 N–H and O–H groups in total. The highest BCUT2D eigenvalue weighted by Gasteiger charge is 2.14. The van der Waals surface area contributed by atoms with Gasteiger partial charge < -0.3 is 10.5 Å². The minimum atomic E-state index is -0.703. The van der Waals surface area contributed by atoms with Crippen LogP contribution in [0.15, 0.2) is 29.8 Å². The van der Waals surface area contributed by atoms with Crippen molar-refractivity contribution in [1.82, 2.24) is 9.38 Å². The molecule has 0 saturated carbocycles. The molecule has 3 aromatic rings. The second-order valence-corrected chi connectivity index (χ2v) is 4.70. The van der Waals surface area contributed by atoms with E-state index in [1.165, 1.54) is 11.3 Å². The number of benzene rings is 1. The van der Waals surface area contributed by atoms with Crippen molar-refractivity contribution in [2.24, 2.45) is 5.73 Å². The van der Waals surface area contributed by atoms with E-state index in [1.807, 2.05) is 11.6 Å². The first kappa shape index (κ1) is 12.1. The minimum Gasteiger partial charge on any atom is -0.437 e. The van der Waals surface area contributed by atoms with E-state index in [0.29, 0.717) is 10.7 Å². The average Bonchev–Trinajstić information content (AvgIpc) is 2.87. The maximum Gasteiger partial charge on any atom is 0.243 e. The van der Waals surface area contributed by atoms with Crippen LogP contribution in [0.3, 0.4) is 0 Å². The van der Waals surface area contributed by atoms with E-state index >= 15 is 0 Å². The summed E-state index contributed by atoms with van der Waals surface area (Å²) in [6.45, 7) is 0.213. The lowest BCUT2D eigenvalue weighted by atomic mass is 10.3. The molecule has 19 heavy (non-hydrogen) atoms. The number of fused-ring (bicyclic) bond motifs is 1. The number of hydrogen-bond donors (Lipinski definition) is 1. The van der Waals surface area contributed by atoms with Crippen LogP contribution in [0, 0.1) is 11.6 Å². The SMILES string of the molecule is NCc1c(Oc2cc(F)cc(F)c2)nc2sccn12. The third-order valence-electron chi connectivity index (χ3n) is 2.57. The quantitative estimate of drug-likeness (QED) is 0.803. The molecule has 4 nitrogen and oxygen atoms in total. The number of halogens is 2. The topological polar surface area (TPSA) is 52.5 Å². The van der Waals surface area contributed by atoms with E-state index in [-0.39, 0.29) is 18.2 Å². The van der Waals surface area contributed by atoms with Crippen LogP contribution in [0.25, 0.3) is 4.96 Å². The number of thiazole rings is 1. The molecule has 0 bridgehead atoms. The zero-order chi connectivity index (χ0) is 13.4. The molecule has 0 spiro atoms. The van der Waals surface area contributed by atoms with Gasteiger partial charge in [0.05, 0.1) is 0 Å². The summed E-state index contributed by atoms with van der Waals surface area (Å²) in [7, 11) is 0. The fourth-order valence-electron chi connectivity index (χ4n) is 1.78. The number of nitrogens with zero attached hydrogens (tertiary/aromatic N) is 2. The summed E-state index contributed by atoms with van der Waals surface area (Å²) >= 11 is 1.42. The van der Waals surface area contributed by atoms with Crippen molar-refractivity contribution < 1.29 is 13.5 Å². The highest BCUT2D eigenvalue weighted by molar-refractivity contribution is 7.15. The Hall–Kier alpha value is -1.99. The second kappa shape index (κ2) is 4.60. The lowest BCUT2D eigenvalue weighted by molar-refractivity contribution is 0.448. The van der Waals surface area contributed by atoms with Gasteiger partial charge in [0, 0.05) is 36.3 Å². The summed E-state index contributed by atoms with van der Waals surface area (Å²) in [5.41, 5.74) is 6.30. The van der Waals surface area contributed by atoms with Crippen LogP contribution < -0.4 is 10.5 Å². The zero-order valence-corrected chi connectivity index (χ0v) is 10.5. The van der Waals surface area contributed by atoms with Crippen LogP contribution in [0.4, 0.5) is 8.78 Å². The Morgan fingerprint density at radius 1 is 1.26 bits per heavy atom. The fraction of sp³-hybridized carbons (Fsp3) is 0.0833. The van der Waals surface area contributed by atoms with Crippen molar-refractivity contribution in [3.05, 3.63) is 47.1 Å². The van der Waals surface area contributed by atoms with Gasteiger partial charge in [0.15, 0.2) is 4.96 Å². The molecular formula is C12H9F2N3OS. The van der Waals surface area contributed by atoms with E-state index in [1.54, 1.807) is 4.40 Å². The number of aromatic nitrogens is 2. The van der Waals surface area contributed by atoms with Crippen molar-refractivity contribution in [1.29, 1.82) is 0 Å². The molecule has 7 heteroatoms. The van der Waals surface area contributed by atoms with Crippen LogP contribution in [-0.2, 0) is 6.54 Å². The van der Waals surface area contributed by atoms with E-state index < -0.39 is 11.6 Å². The predicted octanol–water partition coefficient (Wildman–Crippen LogP) is 2.93. The lowest BCUT2D eigenvalue weighted by Gasteiger charge is -2.05. The highest BCUT2D eigenvalue weighted by atomic mass is 32.1. The van der Waals surface area contributed by atoms with Crippen LogP contribution in [0.1, 0.15) is 5.69 Å². The van der Waals surface area contributed by atoms with Crippen LogP contribution in [0.5, 0.6) is 11.6 Å². The van der Waals surface area contributed by atoms with Crippen molar-refractivity contribution in [2.75, 3.05) is 0 Å². The zero-order valence-electron chi connectivity index (χ0n) is 9.64. The fourth-order valence-corrected chi connectivity index (χ4v) is 2.50. The number of imidazole rings is 1. The molecule has 2 aromatic heterocycles. The van der Waals surface area contributed by atoms with Crippen molar-refractivity contribution in [2.45, 2.75) is 6.54 Å². The van der Waals surface area contributed by atoms with Gasteiger partial charge in [-0.25, -0.2) is 8.78 Å². The summed E-state index contributed by atoms with van der Waals surface area (Å²) in [5.74, 6) is -1.09. The molecule has 0 aliphatic heterocycles. The molecular weight excluding hydrogens is 272 g/mol. The number of rotatable bonds is 3. The lowest BCUT2D eigenvalue weighted by Crippen LogP contribution is -2.01. The first-order valence-electron chi connectivity index (χ1n) is 5.46. The predicted molar refractivity (Wildman–Crippen MR) is 67.4 cm³/mol. The first-order valence-corrected chi connectivity index (χ1v) is 6.34. The van der Waals surface area contributed by atoms with Gasteiger partial charge in [0.1, 0.15) is 23.1 Å². The molecule has 0 aliphatic carbocycles. The van der Waals surface area contributed by atoms with Gasteiger partial charge in [-0.1, -0.05) is 0 Å². The van der Waals surface area contributed by atoms with Crippen LogP contribution in [0.2, 0.25) is 0 Å². The summed E-state index contributed by atoms with van der Waals surface area (Å²) in [6, 6.07) is 2.97. The van der Waals surface area contributed by atoms with Gasteiger partial charge in [0.25, 0.3) is 0 Å². The van der Waals surface area contributed by atoms with Crippen molar-refractivity contribution >= 4 is 16.3 Å². The summed E-state index contributed by atoms with van der Waals surface area (Å²) in [6.07, 6.45) is 1.81. The molecule has 0 radical (unpaired) electrons. The Labute approximate surface area is 111 Å². The van der Waals surface area contributed by atoms with Gasteiger partial charge in [-0.3, -0.25) is 4.40 Å². The van der Waals surface area contributed by atoms with E-state index in [0.717, 1.165) is 18.2 Å². The summed E-state index contributed by atoms with van der Waals surface area (Å²) < 4.78 is 33.4. The smallest absolute Gasteiger partial charge is 0.243 e. The summed E-state index contributed by atoms with van der Waals surface area (Å²) in [5, 5.41) is 1.87. The second-order valence-electron chi connectivity index (χ2n) is 3.83. The number of nitrogens with two attached hydrogens (primary N) is 1. The molecule has 0 amide bonds. The highest BCUT2D eigenvalue weighted by Crippen LogP contribution is 2.28. The Morgan fingerprint density at radius 2 is 2.00 bits per heavy atom. The standard InChI is InChI=1S/C12H9F2N3OS/c13-7-3-8(14)5-9(4-7)18-11-10(6-15)17-1-2-19-12(17)16-11/h1-5H,6,15H2. The van der Waals surface area contributed by atoms with Gasteiger partial charge in [-0.15, -0.1) is 11.3 Å². The third-order valence-corrected chi connectivity index (χ3v) is 3.32. The van der Waals surface area contributed by atoms with Crippen molar-refractivity contribution in [3.63, 3.8) is 0 Å². The van der Waals surface area contributed by atoms with E-state index in [9.17, 15) is 8.78 Å². The number of hydrogen-bond acceptors (Lipinski definition) is 4. The molecule has 0 atom stereocenters. The van der Waals surface area contributed by atoms with Gasteiger partial charge in [0.2, 0.25) is 5.88 Å². The maximum atomic E-state index is 13.1. The molecule has 0 saturated heterocycles. The van der Waals surface area contributed by atoms with E-state index in [4.69, 9.17) is 10.5 Å². The largest absolute Gasteiger partial charge is 0.437 e. The van der Waals surface area contributed by atoms with Gasteiger partial charge in [-0.05, 0) is 0 Å². The molecule has 0 fully saturated rings. The van der Waals surface area contributed by atoms with E-state index in [2.05, 4.69) is 4.98 Å².